The summed E-state index contributed by atoms with van der Waals surface area (Å²) >= 11 is 0.725. The van der Waals surface area contributed by atoms with Crippen molar-refractivity contribution in [3.63, 3.8) is 0 Å². The van der Waals surface area contributed by atoms with Crippen molar-refractivity contribution in [3.8, 4) is 0 Å². The molecule has 7 heteroatoms. The highest BCUT2D eigenvalue weighted by Crippen LogP contribution is 2.42. The predicted octanol–water partition coefficient (Wildman–Crippen LogP) is 5.14. The molecule has 0 amide bonds. The standard InChI is InChI=1S/C17H14F3NO2S/c1-2-22-24-23-16-13-10-12(17(18,19)20)7-6-11(13)9-14(16)15-5-3-4-8-21-15/h3-8,10H,2,9H2,1H3/i4T. The van der Waals surface area contributed by atoms with Gasteiger partial charge in [0.05, 0.1) is 19.2 Å². The van der Waals surface area contributed by atoms with Crippen molar-refractivity contribution in [2.45, 2.75) is 19.5 Å². The molecule has 126 valence electrons. The zero-order valence-corrected chi connectivity index (χ0v) is 13.5. The minimum Gasteiger partial charge on any atom is -0.399 e. The van der Waals surface area contributed by atoms with Crippen LogP contribution in [0.3, 0.4) is 0 Å². The molecule has 1 aromatic heterocycles. The molecule has 0 radical (unpaired) electrons. The van der Waals surface area contributed by atoms with Gasteiger partial charge in [-0.3, -0.25) is 9.17 Å². The second-order valence-corrected chi connectivity index (χ2v) is 5.59. The number of benzene rings is 1. The average molecular weight is 355 g/mol. The second-order valence-electron chi connectivity index (χ2n) is 5.06. The van der Waals surface area contributed by atoms with Crippen molar-refractivity contribution in [1.29, 1.82) is 0 Å². The van der Waals surface area contributed by atoms with Crippen LogP contribution in [0.2, 0.25) is 0 Å². The summed E-state index contributed by atoms with van der Waals surface area (Å²) in [6, 6.07) is 7.10. The summed E-state index contributed by atoms with van der Waals surface area (Å²) in [5, 5.41) is 0. The first kappa shape index (κ1) is 15.5. The van der Waals surface area contributed by atoms with E-state index in [4.69, 9.17) is 9.74 Å². The van der Waals surface area contributed by atoms with Crippen LogP contribution in [0.25, 0.3) is 11.3 Å². The highest BCUT2D eigenvalue weighted by atomic mass is 32.2. The van der Waals surface area contributed by atoms with Gasteiger partial charge in [-0.15, -0.1) is 0 Å². The van der Waals surface area contributed by atoms with Crippen LogP contribution >= 0.6 is 12.3 Å². The van der Waals surface area contributed by atoms with Gasteiger partial charge >= 0.3 is 6.18 Å². The number of nitrogens with zero attached hydrogens (tertiary/aromatic N) is 1. The van der Waals surface area contributed by atoms with Gasteiger partial charge in [0, 0.05) is 23.8 Å². The molecule has 1 aromatic carbocycles. The number of allylic oxidation sites excluding steroid dienone is 1. The Morgan fingerprint density at radius 1 is 1.33 bits per heavy atom. The van der Waals surface area contributed by atoms with Crippen LogP contribution in [0.4, 0.5) is 13.2 Å². The van der Waals surface area contributed by atoms with Gasteiger partial charge in [-0.25, -0.2) is 0 Å². The fraction of sp³-hybridized carbons (Fsp3) is 0.235. The van der Waals surface area contributed by atoms with Crippen molar-refractivity contribution in [2.75, 3.05) is 6.61 Å². The number of rotatable bonds is 5. The normalized spacial score (nSPS) is 14.6. The number of aromatic nitrogens is 1. The van der Waals surface area contributed by atoms with Crippen LogP contribution in [0.15, 0.2) is 42.6 Å². The summed E-state index contributed by atoms with van der Waals surface area (Å²) in [6.07, 6.45) is -2.64. The highest BCUT2D eigenvalue weighted by Gasteiger charge is 2.34. The third kappa shape index (κ3) is 3.42. The lowest BCUT2D eigenvalue weighted by Crippen LogP contribution is -2.05. The summed E-state index contributed by atoms with van der Waals surface area (Å²) in [7, 11) is 0. The summed E-state index contributed by atoms with van der Waals surface area (Å²) in [4.78, 5) is 4.20. The molecule has 3 nitrogen and oxygen atoms in total. The van der Waals surface area contributed by atoms with Crippen molar-refractivity contribution >= 4 is 23.7 Å². The summed E-state index contributed by atoms with van der Waals surface area (Å²) in [5.41, 5.74) is 1.61. The van der Waals surface area contributed by atoms with E-state index < -0.39 is 11.7 Å². The quantitative estimate of drug-likeness (QED) is 0.549. The van der Waals surface area contributed by atoms with Gasteiger partial charge in [0.25, 0.3) is 0 Å². The molecule has 24 heavy (non-hydrogen) atoms. The third-order valence-electron chi connectivity index (χ3n) is 3.53. The average Bonchev–Trinajstić information content (AvgIpc) is 2.93. The summed E-state index contributed by atoms with van der Waals surface area (Å²) < 4.78 is 57.3. The Hall–Kier alpha value is -1.99. The van der Waals surface area contributed by atoms with E-state index in [2.05, 4.69) is 4.98 Å². The molecule has 1 heterocycles. The smallest absolute Gasteiger partial charge is 0.399 e. The first-order valence-electron chi connectivity index (χ1n) is 7.73. The Labute approximate surface area is 143 Å². The monoisotopic (exact) mass is 355 g/mol. The topological polar surface area (TPSA) is 31.4 Å². The molecule has 0 atom stereocenters. The van der Waals surface area contributed by atoms with Crippen LogP contribution in [0.1, 0.15) is 30.7 Å². The number of fused-ring (bicyclic) bond motifs is 1. The largest absolute Gasteiger partial charge is 0.416 e. The molecule has 0 N–H and O–H groups in total. The van der Waals surface area contributed by atoms with Crippen molar-refractivity contribution in [3.05, 3.63) is 65.0 Å². The van der Waals surface area contributed by atoms with E-state index >= 15 is 0 Å². The first-order chi connectivity index (χ1) is 11.9. The van der Waals surface area contributed by atoms with Gasteiger partial charge < -0.3 is 4.18 Å². The van der Waals surface area contributed by atoms with Crippen LogP contribution in [0.5, 0.6) is 0 Å². The molecule has 0 aliphatic heterocycles. The van der Waals surface area contributed by atoms with Gasteiger partial charge in [-0.1, -0.05) is 12.1 Å². The number of hydrogen-bond acceptors (Lipinski definition) is 4. The highest BCUT2D eigenvalue weighted by molar-refractivity contribution is 7.90. The Morgan fingerprint density at radius 3 is 2.83 bits per heavy atom. The zero-order valence-electron chi connectivity index (χ0n) is 13.7. The fourth-order valence-corrected chi connectivity index (χ4v) is 2.86. The summed E-state index contributed by atoms with van der Waals surface area (Å²) in [6.45, 7) is 2.18. The maximum absolute atomic E-state index is 13.0. The van der Waals surface area contributed by atoms with Gasteiger partial charge in [0.15, 0.2) is 5.76 Å². The second kappa shape index (κ2) is 6.86. The van der Waals surface area contributed by atoms with Gasteiger partial charge in [0.2, 0.25) is 12.3 Å². The van der Waals surface area contributed by atoms with E-state index in [1.165, 1.54) is 12.3 Å². The Bertz CT molecular complexity index is 807. The SMILES string of the molecule is [3H]c1ccc(C2=C(OSOCC)c3cc(C(F)(F)F)ccc3C2)nc1. The van der Waals surface area contributed by atoms with E-state index in [9.17, 15) is 13.2 Å². The predicted molar refractivity (Wildman–Crippen MR) is 86.5 cm³/mol. The molecule has 1 aliphatic carbocycles. The van der Waals surface area contributed by atoms with E-state index in [0.29, 0.717) is 35.6 Å². The maximum atomic E-state index is 13.0. The molecule has 1 aliphatic rings. The molecule has 0 spiro atoms. The number of pyridine rings is 1. The van der Waals surface area contributed by atoms with Crippen LogP contribution in [-0.2, 0) is 21.0 Å². The van der Waals surface area contributed by atoms with Crippen LogP contribution in [0, 0.1) is 0 Å². The van der Waals surface area contributed by atoms with Crippen molar-refractivity contribution < 1.29 is 22.9 Å². The van der Waals surface area contributed by atoms with Gasteiger partial charge in [0.1, 0.15) is 0 Å². The zero-order chi connectivity index (χ0) is 18.0. The molecular weight excluding hydrogens is 339 g/mol. The molecule has 0 saturated carbocycles. The minimum absolute atomic E-state index is 0.255. The van der Waals surface area contributed by atoms with Gasteiger partial charge in [-0.2, -0.15) is 13.2 Å². The number of halogens is 3. The fourth-order valence-electron chi connectivity index (χ4n) is 2.46. The first-order valence-corrected chi connectivity index (χ1v) is 7.89. The Morgan fingerprint density at radius 2 is 2.17 bits per heavy atom. The molecule has 0 unspecified atom stereocenters. The van der Waals surface area contributed by atoms with Crippen LogP contribution < -0.4 is 0 Å². The molecule has 0 saturated heterocycles. The lowest BCUT2D eigenvalue weighted by atomic mass is 10.0. The summed E-state index contributed by atoms with van der Waals surface area (Å²) in [5.74, 6) is 0.310. The molecule has 3 rings (SSSR count). The van der Waals surface area contributed by atoms with Crippen molar-refractivity contribution in [2.24, 2.45) is 0 Å². The molecule has 0 fully saturated rings. The molecular formula is C17H14F3NO2S. The number of alkyl halides is 3. The maximum Gasteiger partial charge on any atom is 0.416 e. The Balaban J connectivity index is 2.05. The molecule has 0 bridgehead atoms. The molecule has 2 aromatic rings. The lowest BCUT2D eigenvalue weighted by molar-refractivity contribution is -0.137. The van der Waals surface area contributed by atoms with E-state index in [-0.39, 0.29) is 6.04 Å². The van der Waals surface area contributed by atoms with Crippen LogP contribution in [-0.4, -0.2) is 11.6 Å². The van der Waals surface area contributed by atoms with E-state index in [1.807, 2.05) is 0 Å². The van der Waals surface area contributed by atoms with E-state index in [1.54, 1.807) is 19.1 Å². The minimum atomic E-state index is -4.43. The van der Waals surface area contributed by atoms with Crippen molar-refractivity contribution in [1.82, 2.24) is 4.98 Å². The van der Waals surface area contributed by atoms with E-state index in [0.717, 1.165) is 30.0 Å². The lowest BCUT2D eigenvalue weighted by Gasteiger charge is -2.11. The third-order valence-corrected chi connectivity index (χ3v) is 4.10. The Kier molecular flexibility index (Phi) is 4.44. The van der Waals surface area contributed by atoms with Gasteiger partial charge in [-0.05, 0) is 36.7 Å². The number of hydrogen-bond donors (Lipinski definition) is 0.